The molecule has 0 N–H and O–H groups in total. The molecule has 0 bridgehead atoms. The average Bonchev–Trinajstić information content (AvgIpc) is 3.04. The van der Waals surface area contributed by atoms with Crippen LogP contribution in [0.2, 0.25) is 0 Å². The van der Waals surface area contributed by atoms with Crippen molar-refractivity contribution in [2.24, 2.45) is 0 Å². The van der Waals surface area contributed by atoms with Crippen LogP contribution in [0, 0.1) is 0 Å². The number of hydrogen-bond acceptors (Lipinski definition) is 7. The van der Waals surface area contributed by atoms with Crippen molar-refractivity contribution in [1.29, 1.82) is 0 Å². The monoisotopic (exact) mass is 398 g/mol. The van der Waals surface area contributed by atoms with Gasteiger partial charge < -0.3 is 14.2 Å². The van der Waals surface area contributed by atoms with E-state index in [0.717, 1.165) is 62.0 Å². The third-order valence-corrected chi connectivity index (χ3v) is 6.66. The van der Waals surface area contributed by atoms with Gasteiger partial charge in [-0.3, -0.25) is 14.6 Å². The summed E-state index contributed by atoms with van der Waals surface area (Å²) >= 11 is 0. The number of fused-ring (bicyclic) bond motifs is 3. The van der Waals surface area contributed by atoms with Crippen molar-refractivity contribution in [3.05, 3.63) is 17.5 Å². The third kappa shape index (κ3) is 3.59. The fourth-order valence-electron chi connectivity index (χ4n) is 4.65. The summed E-state index contributed by atoms with van der Waals surface area (Å²) in [7, 11) is 3.88. The zero-order valence-corrected chi connectivity index (χ0v) is 17.4. The maximum atomic E-state index is 12.8. The number of furan rings is 1. The summed E-state index contributed by atoms with van der Waals surface area (Å²) in [6.45, 7) is 5.76. The smallest absolute Gasteiger partial charge is 0.236 e. The van der Waals surface area contributed by atoms with Gasteiger partial charge in [0.1, 0.15) is 11.3 Å². The van der Waals surface area contributed by atoms with Gasteiger partial charge in [-0.25, -0.2) is 9.97 Å². The molecule has 0 aromatic carbocycles. The number of carbonyl (C=O) groups is 1. The molecule has 2 aliphatic heterocycles. The van der Waals surface area contributed by atoms with Gasteiger partial charge in [0.25, 0.3) is 0 Å². The molecule has 5 rings (SSSR count). The first-order valence-corrected chi connectivity index (χ1v) is 10.8. The summed E-state index contributed by atoms with van der Waals surface area (Å²) in [4.78, 5) is 30.6. The molecular formula is C21H30N6O2. The number of rotatable bonds is 4. The van der Waals surface area contributed by atoms with Crippen molar-refractivity contribution in [3.8, 4) is 0 Å². The summed E-state index contributed by atoms with van der Waals surface area (Å²) < 4.78 is 6.02. The molecule has 3 aliphatic rings. The van der Waals surface area contributed by atoms with E-state index in [-0.39, 0.29) is 5.91 Å². The molecule has 2 fully saturated rings. The zero-order chi connectivity index (χ0) is 20.0. The lowest BCUT2D eigenvalue weighted by Gasteiger charge is -2.43. The minimum Gasteiger partial charge on any atom is -0.456 e. The first-order valence-electron chi connectivity index (χ1n) is 10.8. The quantitative estimate of drug-likeness (QED) is 0.770. The number of aromatic nitrogens is 2. The average molecular weight is 399 g/mol. The lowest BCUT2D eigenvalue weighted by molar-refractivity contribution is -0.135. The van der Waals surface area contributed by atoms with E-state index in [1.54, 1.807) is 6.20 Å². The van der Waals surface area contributed by atoms with E-state index >= 15 is 0 Å². The van der Waals surface area contributed by atoms with Crippen LogP contribution in [0.1, 0.15) is 30.6 Å². The lowest BCUT2D eigenvalue weighted by Crippen LogP contribution is -2.55. The molecule has 1 saturated carbocycles. The van der Waals surface area contributed by atoms with Crippen LogP contribution in [0.5, 0.6) is 0 Å². The molecule has 1 amide bonds. The highest BCUT2D eigenvalue weighted by Gasteiger charge is 2.31. The van der Waals surface area contributed by atoms with Gasteiger partial charge in [0.15, 0.2) is 5.58 Å². The number of anilines is 1. The Kier molecular flexibility index (Phi) is 4.91. The van der Waals surface area contributed by atoms with Crippen LogP contribution >= 0.6 is 0 Å². The molecule has 2 aromatic rings. The molecule has 0 unspecified atom stereocenters. The molecule has 156 valence electrons. The SMILES string of the molecule is CN(C)c1ncc2oc3c(c2n1)CCN(CC(=O)N1CCN(C2CCC2)CC1)C3. The van der Waals surface area contributed by atoms with E-state index in [4.69, 9.17) is 4.42 Å². The third-order valence-electron chi connectivity index (χ3n) is 6.66. The van der Waals surface area contributed by atoms with Gasteiger partial charge in [0.05, 0.1) is 19.3 Å². The van der Waals surface area contributed by atoms with Gasteiger partial charge in [-0.2, -0.15) is 0 Å². The predicted molar refractivity (Wildman–Crippen MR) is 111 cm³/mol. The molecule has 29 heavy (non-hydrogen) atoms. The highest BCUT2D eigenvalue weighted by Crippen LogP contribution is 2.30. The van der Waals surface area contributed by atoms with Crippen molar-refractivity contribution in [2.75, 3.05) is 58.3 Å². The second-order valence-electron chi connectivity index (χ2n) is 8.74. The van der Waals surface area contributed by atoms with Crippen LogP contribution in [0.4, 0.5) is 5.95 Å². The first-order chi connectivity index (χ1) is 14.1. The number of nitrogens with zero attached hydrogens (tertiary/aromatic N) is 6. The van der Waals surface area contributed by atoms with E-state index in [9.17, 15) is 4.79 Å². The molecule has 0 spiro atoms. The van der Waals surface area contributed by atoms with Crippen molar-refractivity contribution in [2.45, 2.75) is 38.3 Å². The van der Waals surface area contributed by atoms with Gasteiger partial charge in [0.2, 0.25) is 11.9 Å². The molecule has 2 aromatic heterocycles. The second-order valence-corrected chi connectivity index (χ2v) is 8.74. The van der Waals surface area contributed by atoms with Crippen LogP contribution in [0.3, 0.4) is 0 Å². The molecule has 0 atom stereocenters. The van der Waals surface area contributed by atoms with Gasteiger partial charge >= 0.3 is 0 Å². The standard InChI is InChI=1S/C21H30N6O2/c1-24(2)21-22-12-17-20(23-21)16-6-7-25(13-18(16)29-17)14-19(28)27-10-8-26(9-11-27)15-4-3-5-15/h12,15H,3-11,13-14H2,1-2H3. The number of hydrogen-bond donors (Lipinski definition) is 0. The summed E-state index contributed by atoms with van der Waals surface area (Å²) in [5.74, 6) is 1.87. The van der Waals surface area contributed by atoms with Gasteiger partial charge in [-0.1, -0.05) is 6.42 Å². The first kappa shape index (κ1) is 18.8. The summed E-state index contributed by atoms with van der Waals surface area (Å²) in [5.41, 5.74) is 2.82. The molecule has 4 heterocycles. The molecular weight excluding hydrogens is 368 g/mol. The van der Waals surface area contributed by atoms with Crippen LogP contribution in [-0.2, 0) is 17.8 Å². The maximum Gasteiger partial charge on any atom is 0.236 e. The molecule has 1 aliphatic carbocycles. The van der Waals surface area contributed by atoms with Crippen molar-refractivity contribution < 1.29 is 9.21 Å². The zero-order valence-electron chi connectivity index (χ0n) is 17.4. The van der Waals surface area contributed by atoms with Crippen molar-refractivity contribution >= 4 is 23.0 Å². The van der Waals surface area contributed by atoms with E-state index in [0.29, 0.717) is 19.0 Å². The van der Waals surface area contributed by atoms with E-state index in [1.165, 1.54) is 24.8 Å². The normalized spacial score (nSPS) is 21.2. The van der Waals surface area contributed by atoms with E-state index in [2.05, 4.69) is 19.8 Å². The maximum absolute atomic E-state index is 12.8. The largest absolute Gasteiger partial charge is 0.456 e. The second kappa shape index (κ2) is 7.57. The summed E-state index contributed by atoms with van der Waals surface area (Å²) in [6, 6.07) is 0.775. The minimum atomic E-state index is 0.243. The van der Waals surface area contributed by atoms with Crippen LogP contribution in [-0.4, -0.2) is 90.0 Å². The van der Waals surface area contributed by atoms with E-state index in [1.807, 2.05) is 23.9 Å². The number of amides is 1. The Bertz CT molecular complexity index is 898. The Labute approximate surface area is 171 Å². The molecule has 0 radical (unpaired) electrons. The summed E-state index contributed by atoms with van der Waals surface area (Å²) in [5, 5.41) is 0. The van der Waals surface area contributed by atoms with Crippen LogP contribution in [0.15, 0.2) is 10.6 Å². The Balaban J connectivity index is 1.21. The Morgan fingerprint density at radius 2 is 2.00 bits per heavy atom. The highest BCUT2D eigenvalue weighted by molar-refractivity contribution is 5.80. The lowest BCUT2D eigenvalue weighted by atomic mass is 9.91. The molecule has 8 heteroatoms. The molecule has 1 saturated heterocycles. The van der Waals surface area contributed by atoms with Crippen molar-refractivity contribution in [1.82, 2.24) is 24.7 Å². The number of piperazine rings is 1. The van der Waals surface area contributed by atoms with Gasteiger partial charge in [0, 0.05) is 58.4 Å². The fraction of sp³-hybridized carbons (Fsp3) is 0.667. The molecule has 8 nitrogen and oxygen atoms in total. The van der Waals surface area contributed by atoms with Crippen LogP contribution < -0.4 is 4.90 Å². The fourth-order valence-corrected chi connectivity index (χ4v) is 4.65. The van der Waals surface area contributed by atoms with Crippen molar-refractivity contribution in [3.63, 3.8) is 0 Å². The Morgan fingerprint density at radius 3 is 2.69 bits per heavy atom. The minimum absolute atomic E-state index is 0.243. The predicted octanol–water partition coefficient (Wildman–Crippen LogP) is 1.34. The Morgan fingerprint density at radius 1 is 1.21 bits per heavy atom. The van der Waals surface area contributed by atoms with Gasteiger partial charge in [-0.05, 0) is 19.3 Å². The van der Waals surface area contributed by atoms with Gasteiger partial charge in [-0.15, -0.1) is 0 Å². The topological polar surface area (TPSA) is 69.0 Å². The Hall–Kier alpha value is -2.19. The highest BCUT2D eigenvalue weighted by atomic mass is 16.3. The van der Waals surface area contributed by atoms with Crippen LogP contribution in [0.25, 0.3) is 11.1 Å². The summed E-state index contributed by atoms with van der Waals surface area (Å²) in [6.07, 6.45) is 6.65. The number of carbonyl (C=O) groups excluding carboxylic acids is 1. The van der Waals surface area contributed by atoms with E-state index < -0.39 is 0 Å².